The first-order valence-electron chi connectivity index (χ1n) is 6.33. The minimum Gasteiger partial charge on any atom is -0.465 e. The molecule has 0 aliphatic carbocycles. The second kappa shape index (κ2) is 6.86. The summed E-state index contributed by atoms with van der Waals surface area (Å²) in [6, 6.07) is 0.414. The van der Waals surface area contributed by atoms with Crippen LogP contribution in [0.1, 0.15) is 33.6 Å². The van der Waals surface area contributed by atoms with Gasteiger partial charge in [0.05, 0.1) is 6.61 Å². The Morgan fingerprint density at radius 2 is 2.31 bits per heavy atom. The second-order valence-electron chi connectivity index (χ2n) is 4.41. The van der Waals surface area contributed by atoms with Gasteiger partial charge in [-0.25, -0.2) is 0 Å². The van der Waals surface area contributed by atoms with E-state index in [-0.39, 0.29) is 12.0 Å². The molecule has 0 saturated carbocycles. The summed E-state index contributed by atoms with van der Waals surface area (Å²) in [6.07, 6.45) is 1.91. The quantitative estimate of drug-likeness (QED) is 0.713. The molecule has 1 rings (SSSR count). The Hall–Kier alpha value is -0.610. The van der Waals surface area contributed by atoms with Gasteiger partial charge < -0.3 is 10.1 Å². The molecule has 1 saturated heterocycles. The lowest BCUT2D eigenvalue weighted by molar-refractivity contribution is -0.150. The molecule has 0 radical (unpaired) electrons. The van der Waals surface area contributed by atoms with Crippen molar-refractivity contribution in [1.29, 1.82) is 0 Å². The normalized spacial score (nSPS) is 24.1. The van der Waals surface area contributed by atoms with Crippen molar-refractivity contribution in [3.05, 3.63) is 0 Å². The molecule has 0 aromatic heterocycles. The van der Waals surface area contributed by atoms with Gasteiger partial charge in [-0.3, -0.25) is 9.69 Å². The summed E-state index contributed by atoms with van der Waals surface area (Å²) >= 11 is 0. The van der Waals surface area contributed by atoms with Crippen LogP contribution in [0.3, 0.4) is 0 Å². The number of ether oxygens (including phenoxy) is 1. The molecule has 1 heterocycles. The number of nitrogens with one attached hydrogen (secondary N) is 1. The Morgan fingerprint density at radius 3 is 2.88 bits per heavy atom. The summed E-state index contributed by atoms with van der Waals surface area (Å²) in [5.74, 6) is -0.0570. The molecule has 1 aliphatic rings. The monoisotopic (exact) mass is 228 g/mol. The first-order valence-corrected chi connectivity index (χ1v) is 6.33. The molecule has 1 fully saturated rings. The average Bonchev–Trinajstić information content (AvgIpc) is 2.26. The number of carbonyl (C=O) groups excluding carboxylic acids is 1. The molecule has 1 N–H and O–H groups in total. The van der Waals surface area contributed by atoms with Crippen LogP contribution in [0, 0.1) is 0 Å². The number of carbonyl (C=O) groups is 1. The van der Waals surface area contributed by atoms with Crippen LogP contribution in [-0.2, 0) is 9.53 Å². The summed E-state index contributed by atoms with van der Waals surface area (Å²) in [4.78, 5) is 14.1. The third-order valence-corrected chi connectivity index (χ3v) is 2.96. The maximum absolute atomic E-state index is 11.9. The fourth-order valence-electron chi connectivity index (χ4n) is 2.21. The summed E-state index contributed by atoms with van der Waals surface area (Å²) in [7, 11) is 0. The van der Waals surface area contributed by atoms with Crippen molar-refractivity contribution in [3.63, 3.8) is 0 Å². The Balaban J connectivity index is 2.56. The van der Waals surface area contributed by atoms with Gasteiger partial charge in [-0.05, 0) is 20.3 Å². The number of rotatable bonds is 5. The van der Waals surface area contributed by atoms with E-state index >= 15 is 0 Å². The number of esters is 1. The van der Waals surface area contributed by atoms with Crippen LogP contribution in [0.2, 0.25) is 0 Å². The molecular formula is C12H24N2O2. The van der Waals surface area contributed by atoms with Crippen LogP contribution in [0.5, 0.6) is 0 Å². The van der Waals surface area contributed by atoms with E-state index < -0.39 is 0 Å². The molecule has 0 amide bonds. The maximum Gasteiger partial charge on any atom is 0.323 e. The van der Waals surface area contributed by atoms with Crippen molar-refractivity contribution >= 4 is 5.97 Å². The maximum atomic E-state index is 11.9. The molecule has 4 heteroatoms. The van der Waals surface area contributed by atoms with E-state index in [1.807, 2.05) is 6.92 Å². The van der Waals surface area contributed by atoms with Gasteiger partial charge >= 0.3 is 5.97 Å². The molecule has 94 valence electrons. The largest absolute Gasteiger partial charge is 0.465 e. The predicted molar refractivity (Wildman–Crippen MR) is 64.4 cm³/mol. The number of hydrogen-bond donors (Lipinski definition) is 1. The van der Waals surface area contributed by atoms with Gasteiger partial charge in [0.25, 0.3) is 0 Å². The fraction of sp³-hybridized carbons (Fsp3) is 0.917. The summed E-state index contributed by atoms with van der Waals surface area (Å²) in [6.45, 7) is 9.43. The van der Waals surface area contributed by atoms with E-state index in [0.29, 0.717) is 12.6 Å². The van der Waals surface area contributed by atoms with E-state index in [9.17, 15) is 4.79 Å². The Kier molecular flexibility index (Phi) is 5.77. The van der Waals surface area contributed by atoms with Crippen molar-refractivity contribution in [2.75, 3.05) is 26.2 Å². The van der Waals surface area contributed by atoms with Gasteiger partial charge in [-0.1, -0.05) is 13.3 Å². The average molecular weight is 228 g/mol. The SMILES string of the molecule is CCCC(C(=O)OCC)N1CCN[C@@H](C)C1. The highest BCUT2D eigenvalue weighted by atomic mass is 16.5. The zero-order chi connectivity index (χ0) is 12.0. The molecule has 0 spiro atoms. The lowest BCUT2D eigenvalue weighted by Gasteiger charge is -2.36. The lowest BCUT2D eigenvalue weighted by Crippen LogP contribution is -2.55. The Bertz CT molecular complexity index is 221. The standard InChI is InChI=1S/C12H24N2O2/c1-4-6-11(12(15)16-5-2)14-8-7-13-10(3)9-14/h10-11,13H,4-9H2,1-3H3/t10-,11?/m0/s1. The zero-order valence-corrected chi connectivity index (χ0v) is 10.7. The third kappa shape index (κ3) is 3.76. The van der Waals surface area contributed by atoms with Crippen molar-refractivity contribution in [2.45, 2.75) is 45.7 Å². The molecule has 4 nitrogen and oxygen atoms in total. The second-order valence-corrected chi connectivity index (χ2v) is 4.41. The number of nitrogens with zero attached hydrogens (tertiary/aromatic N) is 1. The minimum absolute atomic E-state index is 0.0468. The van der Waals surface area contributed by atoms with Gasteiger partial charge in [0.2, 0.25) is 0 Å². The van der Waals surface area contributed by atoms with Gasteiger partial charge in [0, 0.05) is 25.7 Å². The molecule has 0 aromatic rings. The van der Waals surface area contributed by atoms with Gasteiger partial charge in [0.1, 0.15) is 6.04 Å². The highest BCUT2D eigenvalue weighted by molar-refractivity contribution is 5.75. The smallest absolute Gasteiger partial charge is 0.323 e. The molecule has 0 aromatic carbocycles. The summed E-state index contributed by atoms with van der Waals surface area (Å²) < 4.78 is 5.14. The van der Waals surface area contributed by atoms with Crippen molar-refractivity contribution in [2.24, 2.45) is 0 Å². The fourth-order valence-corrected chi connectivity index (χ4v) is 2.21. The highest BCUT2D eigenvalue weighted by Gasteiger charge is 2.29. The first kappa shape index (κ1) is 13.5. The zero-order valence-electron chi connectivity index (χ0n) is 10.7. The van der Waals surface area contributed by atoms with E-state index in [2.05, 4.69) is 24.1 Å². The lowest BCUT2D eigenvalue weighted by atomic mass is 10.1. The van der Waals surface area contributed by atoms with Gasteiger partial charge in [0.15, 0.2) is 0 Å². The highest BCUT2D eigenvalue weighted by Crippen LogP contribution is 2.12. The van der Waals surface area contributed by atoms with E-state index in [0.717, 1.165) is 32.5 Å². The Morgan fingerprint density at radius 1 is 1.56 bits per heavy atom. The molecule has 2 atom stereocenters. The topological polar surface area (TPSA) is 41.6 Å². The van der Waals surface area contributed by atoms with Gasteiger partial charge in [-0.2, -0.15) is 0 Å². The van der Waals surface area contributed by atoms with Crippen molar-refractivity contribution < 1.29 is 9.53 Å². The van der Waals surface area contributed by atoms with Crippen LogP contribution in [0.25, 0.3) is 0 Å². The number of hydrogen-bond acceptors (Lipinski definition) is 4. The Labute approximate surface area is 98.3 Å². The van der Waals surface area contributed by atoms with Crippen LogP contribution in [-0.4, -0.2) is 49.2 Å². The molecular weight excluding hydrogens is 204 g/mol. The molecule has 16 heavy (non-hydrogen) atoms. The molecule has 1 unspecified atom stereocenters. The molecule has 0 bridgehead atoms. The van der Waals surface area contributed by atoms with Crippen LogP contribution in [0.15, 0.2) is 0 Å². The van der Waals surface area contributed by atoms with Crippen molar-refractivity contribution in [3.8, 4) is 0 Å². The predicted octanol–water partition coefficient (Wildman–Crippen LogP) is 1.01. The van der Waals surface area contributed by atoms with Crippen LogP contribution >= 0.6 is 0 Å². The van der Waals surface area contributed by atoms with E-state index in [4.69, 9.17) is 4.74 Å². The third-order valence-electron chi connectivity index (χ3n) is 2.96. The van der Waals surface area contributed by atoms with Gasteiger partial charge in [-0.15, -0.1) is 0 Å². The van der Waals surface area contributed by atoms with E-state index in [1.54, 1.807) is 0 Å². The van der Waals surface area contributed by atoms with E-state index in [1.165, 1.54) is 0 Å². The van der Waals surface area contributed by atoms with Crippen LogP contribution in [0.4, 0.5) is 0 Å². The first-order chi connectivity index (χ1) is 7.69. The molecule has 1 aliphatic heterocycles. The van der Waals surface area contributed by atoms with Crippen LogP contribution < -0.4 is 5.32 Å². The summed E-state index contributed by atoms with van der Waals surface area (Å²) in [5, 5.41) is 3.39. The minimum atomic E-state index is -0.0570. The van der Waals surface area contributed by atoms with Crippen molar-refractivity contribution in [1.82, 2.24) is 10.2 Å². The summed E-state index contributed by atoms with van der Waals surface area (Å²) in [5.41, 5.74) is 0. The number of piperazine rings is 1.